The van der Waals surface area contributed by atoms with Crippen molar-refractivity contribution in [1.82, 2.24) is 5.32 Å². The van der Waals surface area contributed by atoms with Crippen LogP contribution in [0, 0.1) is 11.7 Å². The topological polar surface area (TPSA) is 41.1 Å². The smallest absolute Gasteiger partial charge is 0.224 e. The van der Waals surface area contributed by atoms with Crippen molar-refractivity contribution in [2.45, 2.75) is 19.3 Å². The molecule has 1 fully saturated rings. The standard InChI is InChI=1S/C13H17FN2O/c14-11-4-1-5-12(8-11)16-13(17)7-10-3-2-6-15-9-10/h1,4-5,8,10,15H,2-3,6-7,9H2,(H,16,17). The van der Waals surface area contributed by atoms with Crippen LogP contribution < -0.4 is 10.6 Å². The van der Waals surface area contributed by atoms with E-state index in [4.69, 9.17) is 0 Å². The molecule has 1 aromatic rings. The minimum atomic E-state index is -0.331. The van der Waals surface area contributed by atoms with E-state index < -0.39 is 0 Å². The summed E-state index contributed by atoms with van der Waals surface area (Å²) in [4.78, 5) is 11.7. The number of hydrogen-bond donors (Lipinski definition) is 2. The van der Waals surface area contributed by atoms with Gasteiger partial charge in [-0.3, -0.25) is 4.79 Å². The number of nitrogens with one attached hydrogen (secondary N) is 2. The minimum absolute atomic E-state index is 0.0377. The Balaban J connectivity index is 1.84. The van der Waals surface area contributed by atoms with Crippen molar-refractivity contribution in [1.29, 1.82) is 0 Å². The first-order valence-electron chi connectivity index (χ1n) is 6.00. The van der Waals surface area contributed by atoms with E-state index in [1.54, 1.807) is 12.1 Å². The van der Waals surface area contributed by atoms with Gasteiger partial charge in [-0.15, -0.1) is 0 Å². The maximum atomic E-state index is 12.9. The third-order valence-corrected chi connectivity index (χ3v) is 2.98. The molecule has 4 heteroatoms. The average Bonchev–Trinajstić information content (AvgIpc) is 2.30. The molecule has 1 atom stereocenters. The largest absolute Gasteiger partial charge is 0.326 e. The van der Waals surface area contributed by atoms with Crippen LogP contribution in [0.1, 0.15) is 19.3 Å². The second-order valence-electron chi connectivity index (χ2n) is 4.48. The van der Waals surface area contributed by atoms with Crippen molar-refractivity contribution >= 4 is 11.6 Å². The summed E-state index contributed by atoms with van der Waals surface area (Å²) < 4.78 is 12.9. The van der Waals surface area contributed by atoms with Crippen LogP contribution in [0.25, 0.3) is 0 Å². The fourth-order valence-corrected chi connectivity index (χ4v) is 2.14. The van der Waals surface area contributed by atoms with E-state index in [0.29, 0.717) is 18.0 Å². The Morgan fingerprint density at radius 1 is 1.53 bits per heavy atom. The van der Waals surface area contributed by atoms with Gasteiger partial charge in [0.05, 0.1) is 0 Å². The highest BCUT2D eigenvalue weighted by Crippen LogP contribution is 2.16. The maximum absolute atomic E-state index is 12.9. The molecule has 1 saturated heterocycles. The van der Waals surface area contributed by atoms with Gasteiger partial charge in [0.15, 0.2) is 0 Å². The Hall–Kier alpha value is -1.42. The molecule has 0 aromatic heterocycles. The Morgan fingerprint density at radius 3 is 3.12 bits per heavy atom. The van der Waals surface area contributed by atoms with Crippen molar-refractivity contribution in [3.63, 3.8) is 0 Å². The summed E-state index contributed by atoms with van der Waals surface area (Å²) in [5.74, 6) is 0.0312. The van der Waals surface area contributed by atoms with Gasteiger partial charge < -0.3 is 10.6 Å². The van der Waals surface area contributed by atoms with Gasteiger partial charge in [-0.05, 0) is 50.0 Å². The molecule has 1 unspecified atom stereocenters. The molecule has 0 aliphatic carbocycles. The van der Waals surface area contributed by atoms with E-state index in [-0.39, 0.29) is 11.7 Å². The van der Waals surface area contributed by atoms with E-state index in [9.17, 15) is 9.18 Å². The molecule has 0 spiro atoms. The first kappa shape index (κ1) is 12.0. The number of halogens is 1. The lowest BCUT2D eigenvalue weighted by Gasteiger charge is -2.22. The number of benzene rings is 1. The highest BCUT2D eigenvalue weighted by Gasteiger charge is 2.16. The van der Waals surface area contributed by atoms with Gasteiger partial charge in [-0.25, -0.2) is 4.39 Å². The van der Waals surface area contributed by atoms with Gasteiger partial charge in [-0.2, -0.15) is 0 Å². The number of carbonyl (C=O) groups is 1. The monoisotopic (exact) mass is 236 g/mol. The molecule has 0 saturated carbocycles. The predicted octanol–water partition coefficient (Wildman–Crippen LogP) is 2.15. The van der Waals surface area contributed by atoms with Crippen LogP contribution in [-0.2, 0) is 4.79 Å². The Kier molecular flexibility index (Phi) is 4.09. The molecule has 92 valence electrons. The van der Waals surface area contributed by atoms with Crippen LogP contribution >= 0.6 is 0 Å². The molecule has 3 nitrogen and oxygen atoms in total. The molecule has 2 rings (SSSR count). The van der Waals surface area contributed by atoms with Crippen LogP contribution in [0.15, 0.2) is 24.3 Å². The molecule has 1 amide bonds. The highest BCUT2D eigenvalue weighted by atomic mass is 19.1. The molecule has 1 aliphatic rings. The lowest BCUT2D eigenvalue weighted by Crippen LogP contribution is -2.32. The number of hydrogen-bond acceptors (Lipinski definition) is 2. The summed E-state index contributed by atoms with van der Waals surface area (Å²) in [5.41, 5.74) is 0.527. The van der Waals surface area contributed by atoms with E-state index in [2.05, 4.69) is 10.6 Å². The van der Waals surface area contributed by atoms with Crippen molar-refractivity contribution in [2.24, 2.45) is 5.92 Å². The van der Waals surface area contributed by atoms with Gasteiger partial charge in [-0.1, -0.05) is 6.07 Å². The summed E-state index contributed by atoms with van der Waals surface area (Å²) in [7, 11) is 0. The fourth-order valence-electron chi connectivity index (χ4n) is 2.14. The van der Waals surface area contributed by atoms with E-state index in [0.717, 1.165) is 25.9 Å². The molecule has 0 radical (unpaired) electrons. The zero-order valence-electron chi connectivity index (χ0n) is 9.71. The normalized spacial score (nSPS) is 19.9. The van der Waals surface area contributed by atoms with Crippen molar-refractivity contribution in [2.75, 3.05) is 18.4 Å². The van der Waals surface area contributed by atoms with E-state index in [1.165, 1.54) is 12.1 Å². The average molecular weight is 236 g/mol. The first-order valence-corrected chi connectivity index (χ1v) is 6.00. The highest BCUT2D eigenvalue weighted by molar-refractivity contribution is 5.90. The second kappa shape index (κ2) is 5.77. The van der Waals surface area contributed by atoms with Crippen LogP contribution in [0.4, 0.5) is 10.1 Å². The summed E-state index contributed by atoms with van der Waals surface area (Å²) in [6.45, 7) is 1.94. The Morgan fingerprint density at radius 2 is 2.41 bits per heavy atom. The maximum Gasteiger partial charge on any atom is 0.224 e. The number of anilines is 1. The van der Waals surface area contributed by atoms with Gasteiger partial charge >= 0.3 is 0 Å². The molecule has 17 heavy (non-hydrogen) atoms. The Bertz CT molecular complexity index is 389. The van der Waals surface area contributed by atoms with Crippen LogP contribution in [0.3, 0.4) is 0 Å². The Labute approximate surface area is 100 Å². The predicted molar refractivity (Wildman–Crippen MR) is 65.2 cm³/mol. The number of rotatable bonds is 3. The van der Waals surface area contributed by atoms with Crippen LogP contribution in [0.2, 0.25) is 0 Å². The molecule has 2 N–H and O–H groups in total. The van der Waals surface area contributed by atoms with Gasteiger partial charge in [0.1, 0.15) is 5.82 Å². The van der Waals surface area contributed by atoms with E-state index >= 15 is 0 Å². The quantitative estimate of drug-likeness (QED) is 0.844. The number of carbonyl (C=O) groups excluding carboxylic acids is 1. The molecule has 1 aliphatic heterocycles. The van der Waals surface area contributed by atoms with Crippen LogP contribution in [0.5, 0.6) is 0 Å². The summed E-state index contributed by atoms with van der Waals surface area (Å²) in [6.07, 6.45) is 2.71. The van der Waals surface area contributed by atoms with Crippen molar-refractivity contribution in [3.05, 3.63) is 30.1 Å². The molecule has 0 bridgehead atoms. The van der Waals surface area contributed by atoms with Gasteiger partial charge in [0.2, 0.25) is 5.91 Å². The third-order valence-electron chi connectivity index (χ3n) is 2.98. The third kappa shape index (κ3) is 3.82. The van der Waals surface area contributed by atoms with Crippen LogP contribution in [-0.4, -0.2) is 19.0 Å². The van der Waals surface area contributed by atoms with E-state index in [1.807, 2.05) is 0 Å². The van der Waals surface area contributed by atoms with Gasteiger partial charge in [0.25, 0.3) is 0 Å². The number of piperidine rings is 1. The lowest BCUT2D eigenvalue weighted by molar-refractivity contribution is -0.117. The summed E-state index contributed by atoms with van der Waals surface area (Å²) >= 11 is 0. The SMILES string of the molecule is O=C(CC1CCCNC1)Nc1cccc(F)c1. The zero-order valence-corrected chi connectivity index (χ0v) is 9.71. The first-order chi connectivity index (χ1) is 8.24. The fraction of sp³-hybridized carbons (Fsp3) is 0.462. The summed E-state index contributed by atoms with van der Waals surface area (Å²) in [6, 6.07) is 5.98. The van der Waals surface area contributed by atoms with Gasteiger partial charge in [0, 0.05) is 12.1 Å². The molecular weight excluding hydrogens is 219 g/mol. The minimum Gasteiger partial charge on any atom is -0.326 e. The number of amides is 1. The zero-order chi connectivity index (χ0) is 12.1. The summed E-state index contributed by atoms with van der Waals surface area (Å²) in [5, 5.41) is 6.00. The van der Waals surface area contributed by atoms with Crippen molar-refractivity contribution in [3.8, 4) is 0 Å². The molecule has 1 aromatic carbocycles. The molecular formula is C13H17FN2O. The molecule has 1 heterocycles. The lowest BCUT2D eigenvalue weighted by atomic mass is 9.96. The van der Waals surface area contributed by atoms with Crippen molar-refractivity contribution < 1.29 is 9.18 Å². The second-order valence-corrected chi connectivity index (χ2v) is 4.48.